The molecule has 0 saturated heterocycles. The summed E-state index contributed by atoms with van der Waals surface area (Å²) < 4.78 is 0. The Hall–Kier alpha value is 1.15. The Balaban J connectivity index is -0.000000333. The summed E-state index contributed by atoms with van der Waals surface area (Å²) >= 11 is 0. The van der Waals surface area contributed by atoms with Crippen LogP contribution < -0.4 is 0 Å². The number of hydrogen-bond donors (Lipinski definition) is 0. The minimum Gasteiger partial charge on any atom is -0.273 e. The Bertz CT molecular complexity index is 183. The fourth-order valence-electron chi connectivity index (χ4n) is 1.17. The van der Waals surface area contributed by atoms with Crippen molar-refractivity contribution in [3.8, 4) is 0 Å². The van der Waals surface area contributed by atoms with E-state index in [4.69, 9.17) is 0 Å². The van der Waals surface area contributed by atoms with Crippen LogP contribution in [0, 0.1) is 6.08 Å². The molecular weight excluding hydrogens is 386 g/mol. The van der Waals surface area contributed by atoms with Crippen molar-refractivity contribution >= 4 is 32.9 Å². The van der Waals surface area contributed by atoms with Gasteiger partial charge in [-0.05, 0) is 0 Å². The van der Waals surface area contributed by atoms with Crippen LogP contribution in [0.15, 0.2) is 17.7 Å². The number of halogens is 2. The maximum Gasteiger partial charge on any atom is 0.0319 e. The summed E-state index contributed by atoms with van der Waals surface area (Å²) in [6.07, 6.45) is 8.68. The van der Waals surface area contributed by atoms with Crippen molar-refractivity contribution in [2.24, 2.45) is 0 Å². The molecule has 0 radical (unpaired) electrons. The smallest absolute Gasteiger partial charge is 0.0319 e. The molecular formula is C9H17Cl2HfSi-. The van der Waals surface area contributed by atoms with Crippen LogP contribution in [0.4, 0.5) is 0 Å². The first-order valence-electron chi connectivity index (χ1n) is 3.83. The molecule has 0 heterocycles. The quantitative estimate of drug-likeness (QED) is 0.486. The number of rotatable bonds is 2. The largest absolute Gasteiger partial charge is 0.273 e. The molecule has 0 atom stereocenters. The second-order valence-electron chi connectivity index (χ2n) is 4.07. The molecule has 1 rings (SSSR count). The summed E-state index contributed by atoms with van der Waals surface area (Å²) in [6, 6.07) is 1.32. The zero-order valence-corrected chi connectivity index (χ0v) is 14.6. The fourth-order valence-corrected chi connectivity index (χ4v) is 2.65. The van der Waals surface area contributed by atoms with Gasteiger partial charge in [-0.3, -0.25) is 6.08 Å². The predicted octanol–water partition coefficient (Wildman–Crippen LogP) is 3.86. The van der Waals surface area contributed by atoms with Crippen LogP contribution >= 0.6 is 24.8 Å². The van der Waals surface area contributed by atoms with E-state index in [9.17, 15) is 0 Å². The van der Waals surface area contributed by atoms with Crippen LogP contribution in [0.1, 0.15) is 6.42 Å². The maximum atomic E-state index is 3.20. The molecule has 0 saturated carbocycles. The molecule has 0 fully saturated rings. The van der Waals surface area contributed by atoms with Gasteiger partial charge in [0.25, 0.3) is 0 Å². The molecule has 0 unspecified atom stereocenters. The first-order valence-corrected chi connectivity index (χ1v) is 7.54. The summed E-state index contributed by atoms with van der Waals surface area (Å²) in [5, 5.41) is 0. The van der Waals surface area contributed by atoms with E-state index in [1.807, 2.05) is 0 Å². The Morgan fingerprint density at radius 2 is 1.85 bits per heavy atom. The van der Waals surface area contributed by atoms with Crippen LogP contribution in [0.25, 0.3) is 0 Å². The summed E-state index contributed by atoms with van der Waals surface area (Å²) in [4.78, 5) is 0. The molecule has 0 aromatic carbocycles. The first-order chi connectivity index (χ1) is 4.58. The van der Waals surface area contributed by atoms with Gasteiger partial charge in [-0.25, -0.2) is 11.6 Å². The zero-order valence-electron chi connectivity index (χ0n) is 8.39. The normalized spacial score (nSPS) is 13.6. The van der Waals surface area contributed by atoms with E-state index in [-0.39, 0.29) is 50.7 Å². The molecule has 0 nitrogen and oxygen atoms in total. The van der Waals surface area contributed by atoms with Crippen molar-refractivity contribution in [3.63, 3.8) is 0 Å². The van der Waals surface area contributed by atoms with Gasteiger partial charge in [0.1, 0.15) is 0 Å². The van der Waals surface area contributed by atoms with E-state index in [0.717, 1.165) is 6.42 Å². The standard InChI is InChI=1S/C9H15Si.2ClH.Hf/c1-10(2,3)8-9-6-4-5-7-9;;;/h6-7H,4,8H2,1-3H3;2*1H;/q-1;;;. The van der Waals surface area contributed by atoms with E-state index in [1.54, 1.807) is 0 Å². The van der Waals surface area contributed by atoms with Gasteiger partial charge in [0.05, 0.1) is 0 Å². The Kier molecular flexibility index (Phi) is 12.8. The van der Waals surface area contributed by atoms with Gasteiger partial charge < -0.3 is 0 Å². The second kappa shape index (κ2) is 8.45. The zero-order chi connectivity index (χ0) is 7.61. The van der Waals surface area contributed by atoms with Crippen LogP contribution in [-0.4, -0.2) is 8.07 Å². The van der Waals surface area contributed by atoms with Crippen molar-refractivity contribution in [1.82, 2.24) is 0 Å². The van der Waals surface area contributed by atoms with Gasteiger partial charge in [-0.15, -0.1) is 31.2 Å². The summed E-state index contributed by atoms with van der Waals surface area (Å²) in [5.41, 5.74) is 1.51. The molecule has 0 bridgehead atoms. The molecule has 4 heteroatoms. The van der Waals surface area contributed by atoms with E-state index in [1.165, 1.54) is 11.6 Å². The van der Waals surface area contributed by atoms with E-state index in [2.05, 4.69) is 37.9 Å². The average molecular weight is 403 g/mol. The van der Waals surface area contributed by atoms with E-state index in [0.29, 0.717) is 0 Å². The minimum absolute atomic E-state index is 0. The molecule has 13 heavy (non-hydrogen) atoms. The van der Waals surface area contributed by atoms with Crippen molar-refractivity contribution < 1.29 is 25.8 Å². The molecule has 0 aromatic heterocycles. The predicted molar refractivity (Wildman–Crippen MR) is 63.2 cm³/mol. The van der Waals surface area contributed by atoms with Crippen molar-refractivity contribution in [3.05, 3.63) is 23.8 Å². The second-order valence-corrected chi connectivity index (χ2v) is 9.54. The monoisotopic (exact) mass is 403 g/mol. The van der Waals surface area contributed by atoms with Crippen molar-refractivity contribution in [2.75, 3.05) is 0 Å². The Labute approximate surface area is 114 Å². The van der Waals surface area contributed by atoms with Gasteiger partial charge in [0.2, 0.25) is 0 Å². The van der Waals surface area contributed by atoms with Crippen LogP contribution in [0.2, 0.25) is 25.7 Å². The van der Waals surface area contributed by atoms with Gasteiger partial charge in [0.15, 0.2) is 0 Å². The summed E-state index contributed by atoms with van der Waals surface area (Å²) in [6.45, 7) is 7.21. The van der Waals surface area contributed by atoms with Crippen molar-refractivity contribution in [1.29, 1.82) is 0 Å². The molecule has 0 N–H and O–H groups in total. The van der Waals surface area contributed by atoms with Gasteiger partial charge in [-0.2, -0.15) is 6.08 Å². The number of allylic oxidation sites excluding steroid dienone is 4. The molecule has 76 valence electrons. The van der Waals surface area contributed by atoms with Gasteiger partial charge in [-0.1, -0.05) is 25.7 Å². The topological polar surface area (TPSA) is 0 Å². The third-order valence-electron chi connectivity index (χ3n) is 1.50. The molecule has 0 amide bonds. The van der Waals surface area contributed by atoms with Crippen LogP contribution in [-0.2, 0) is 25.8 Å². The molecule has 0 spiro atoms. The van der Waals surface area contributed by atoms with Gasteiger partial charge >= 0.3 is 0 Å². The maximum absolute atomic E-state index is 3.20. The SMILES string of the molecule is C[Si](C)(C)CC1=CC[C-]=C1.Cl.Cl.[Hf]. The van der Waals surface area contributed by atoms with E-state index >= 15 is 0 Å². The minimum atomic E-state index is -0.862. The third kappa shape index (κ3) is 9.45. The van der Waals surface area contributed by atoms with Crippen LogP contribution in [0.5, 0.6) is 0 Å². The third-order valence-corrected chi connectivity index (χ3v) is 2.97. The molecule has 1 aliphatic carbocycles. The summed E-state index contributed by atoms with van der Waals surface area (Å²) in [5.74, 6) is 0. The first kappa shape index (κ1) is 19.7. The van der Waals surface area contributed by atoms with Crippen LogP contribution in [0.3, 0.4) is 0 Å². The summed E-state index contributed by atoms with van der Waals surface area (Å²) in [7, 11) is -0.862. The molecule has 1 aliphatic rings. The van der Waals surface area contributed by atoms with Crippen molar-refractivity contribution in [2.45, 2.75) is 32.1 Å². The number of hydrogen-bond acceptors (Lipinski definition) is 0. The van der Waals surface area contributed by atoms with E-state index < -0.39 is 8.07 Å². The van der Waals surface area contributed by atoms with Gasteiger partial charge in [0, 0.05) is 33.9 Å². The molecule has 0 aliphatic heterocycles. The Morgan fingerprint density at radius 3 is 2.15 bits per heavy atom. The average Bonchev–Trinajstić information content (AvgIpc) is 2.12. The Morgan fingerprint density at radius 1 is 1.31 bits per heavy atom. The fraction of sp³-hybridized carbons (Fsp3) is 0.556. The molecule has 0 aromatic rings.